The van der Waals surface area contributed by atoms with Gasteiger partial charge in [-0.15, -0.1) is 22.7 Å². The number of fused-ring (bicyclic) bond motifs is 1. The van der Waals surface area contributed by atoms with Crippen molar-refractivity contribution in [1.29, 1.82) is 5.26 Å². The molecule has 27 heavy (non-hydrogen) atoms. The summed E-state index contributed by atoms with van der Waals surface area (Å²) in [7, 11) is -3.67. The third-order valence-corrected chi connectivity index (χ3v) is 9.57. The molecule has 0 radical (unpaired) electrons. The topological polar surface area (TPSA) is 90.3 Å². The molecule has 142 valence electrons. The molecule has 0 unspecified atom stereocenters. The average Bonchev–Trinajstić information content (AvgIpc) is 3.40. The van der Waals surface area contributed by atoms with Gasteiger partial charge in [0.15, 0.2) is 0 Å². The highest BCUT2D eigenvalue weighted by molar-refractivity contribution is 7.91. The van der Waals surface area contributed by atoms with E-state index in [1.807, 2.05) is 0 Å². The average molecular weight is 422 g/mol. The van der Waals surface area contributed by atoms with E-state index in [4.69, 9.17) is 0 Å². The Morgan fingerprint density at radius 2 is 2.11 bits per heavy atom. The predicted octanol–water partition coefficient (Wildman–Crippen LogP) is 3.35. The smallest absolute Gasteiger partial charge is 0.253 e. The van der Waals surface area contributed by atoms with Crippen molar-refractivity contribution >= 4 is 43.6 Å². The van der Waals surface area contributed by atoms with Crippen molar-refractivity contribution in [1.82, 2.24) is 4.31 Å². The van der Waals surface area contributed by atoms with Crippen LogP contribution in [0.15, 0.2) is 21.7 Å². The predicted molar refractivity (Wildman–Crippen MR) is 106 cm³/mol. The monoisotopic (exact) mass is 421 g/mol. The number of hydrogen-bond acceptors (Lipinski definition) is 6. The molecule has 9 heteroatoms. The number of carbonyl (C=O) groups is 1. The zero-order chi connectivity index (χ0) is 19.0. The van der Waals surface area contributed by atoms with Crippen LogP contribution in [-0.4, -0.2) is 31.2 Å². The van der Waals surface area contributed by atoms with Crippen molar-refractivity contribution in [2.75, 3.05) is 11.9 Å². The van der Waals surface area contributed by atoms with Crippen molar-refractivity contribution in [3.63, 3.8) is 0 Å². The highest BCUT2D eigenvalue weighted by Crippen LogP contribution is 2.38. The second-order valence-corrected chi connectivity index (χ2v) is 10.9. The van der Waals surface area contributed by atoms with Crippen LogP contribution in [-0.2, 0) is 27.7 Å². The minimum Gasteiger partial charge on any atom is -0.315 e. The number of amides is 1. The van der Waals surface area contributed by atoms with E-state index in [0.717, 1.165) is 42.6 Å². The summed E-state index contributed by atoms with van der Waals surface area (Å²) in [6.07, 6.45) is 5.10. The number of sulfonamides is 1. The Labute approximate surface area is 166 Å². The second-order valence-electron chi connectivity index (χ2n) is 6.72. The molecule has 0 saturated carbocycles. The minimum absolute atomic E-state index is 0.256. The SMILES string of the molecule is N#Cc1c(NC(=O)[C@@H]2CCCN2S(=O)(=O)c2cccs2)sc2c1CCCC2. The summed E-state index contributed by atoms with van der Waals surface area (Å²) < 4.78 is 27.3. The van der Waals surface area contributed by atoms with Crippen molar-refractivity contribution in [2.45, 2.75) is 48.8 Å². The van der Waals surface area contributed by atoms with E-state index < -0.39 is 16.1 Å². The first-order valence-corrected chi connectivity index (χ1v) is 12.1. The van der Waals surface area contributed by atoms with Crippen molar-refractivity contribution in [2.24, 2.45) is 0 Å². The number of anilines is 1. The molecule has 4 rings (SSSR count). The van der Waals surface area contributed by atoms with Crippen LogP contribution < -0.4 is 5.32 Å². The van der Waals surface area contributed by atoms with Gasteiger partial charge in [-0.3, -0.25) is 4.79 Å². The molecule has 0 aromatic carbocycles. The molecule has 6 nitrogen and oxygen atoms in total. The molecule has 1 amide bonds. The summed E-state index contributed by atoms with van der Waals surface area (Å²) in [6, 6.07) is 4.75. The molecule has 2 aromatic rings. The largest absolute Gasteiger partial charge is 0.315 e. The Morgan fingerprint density at radius 1 is 1.30 bits per heavy atom. The normalized spacial score (nSPS) is 20.2. The maximum Gasteiger partial charge on any atom is 0.253 e. The number of nitrogens with one attached hydrogen (secondary N) is 1. The quantitative estimate of drug-likeness (QED) is 0.820. The first-order chi connectivity index (χ1) is 13.0. The summed E-state index contributed by atoms with van der Waals surface area (Å²) in [5.41, 5.74) is 1.60. The van der Waals surface area contributed by atoms with Gasteiger partial charge in [0.25, 0.3) is 10.0 Å². The lowest BCUT2D eigenvalue weighted by Gasteiger charge is -2.22. The van der Waals surface area contributed by atoms with Gasteiger partial charge < -0.3 is 5.32 Å². The summed E-state index contributed by atoms with van der Waals surface area (Å²) in [5.74, 6) is -0.345. The molecule has 1 N–H and O–H groups in total. The molecule has 1 saturated heterocycles. The van der Waals surface area contributed by atoms with Gasteiger partial charge in [-0.25, -0.2) is 8.42 Å². The zero-order valence-corrected chi connectivity index (χ0v) is 17.1. The molecule has 1 fully saturated rings. The van der Waals surface area contributed by atoms with Crippen LogP contribution in [0.5, 0.6) is 0 Å². The fourth-order valence-electron chi connectivity index (χ4n) is 3.78. The Hall–Kier alpha value is -1.73. The van der Waals surface area contributed by atoms with E-state index in [1.165, 1.54) is 20.5 Å². The van der Waals surface area contributed by atoms with Gasteiger partial charge in [-0.2, -0.15) is 9.57 Å². The van der Waals surface area contributed by atoms with Gasteiger partial charge in [0.1, 0.15) is 21.3 Å². The highest BCUT2D eigenvalue weighted by atomic mass is 32.2. The van der Waals surface area contributed by atoms with Gasteiger partial charge in [-0.05, 0) is 55.5 Å². The zero-order valence-electron chi connectivity index (χ0n) is 14.6. The van der Waals surface area contributed by atoms with Crippen molar-refractivity contribution < 1.29 is 13.2 Å². The molecule has 2 aromatic heterocycles. The third-order valence-electron chi connectivity index (χ3n) is 5.08. The van der Waals surface area contributed by atoms with Crippen LogP contribution in [0.1, 0.15) is 41.7 Å². The molecular formula is C18H19N3O3S3. The Bertz CT molecular complexity index is 1000. The van der Waals surface area contributed by atoms with E-state index in [9.17, 15) is 18.5 Å². The van der Waals surface area contributed by atoms with E-state index in [-0.39, 0.29) is 10.1 Å². The fraction of sp³-hybridized carbons (Fsp3) is 0.444. The molecule has 1 aliphatic carbocycles. The summed E-state index contributed by atoms with van der Waals surface area (Å²) in [5, 5.41) is 14.7. The molecular weight excluding hydrogens is 402 g/mol. The standard InChI is InChI=1S/C18H19N3O3S3/c19-11-13-12-5-1-2-7-15(12)26-18(13)20-17(22)14-6-3-9-21(14)27(23,24)16-8-4-10-25-16/h4,8,10,14H,1-3,5-7,9H2,(H,20,22)/t14-/m0/s1. The molecule has 1 atom stereocenters. The van der Waals surface area contributed by atoms with Crippen molar-refractivity contribution in [3.8, 4) is 6.07 Å². The molecule has 0 bridgehead atoms. The molecule has 0 spiro atoms. The van der Waals surface area contributed by atoms with Crippen LogP contribution >= 0.6 is 22.7 Å². The fourth-order valence-corrected chi connectivity index (χ4v) is 7.80. The van der Waals surface area contributed by atoms with Gasteiger partial charge in [-0.1, -0.05) is 6.07 Å². The summed E-state index contributed by atoms with van der Waals surface area (Å²) >= 11 is 2.62. The maximum atomic E-state index is 12.9. The van der Waals surface area contributed by atoms with Crippen molar-refractivity contribution in [3.05, 3.63) is 33.5 Å². The molecule has 3 heterocycles. The number of nitrogens with zero attached hydrogens (tertiary/aromatic N) is 2. The van der Waals surface area contributed by atoms with Crippen LogP contribution in [0.25, 0.3) is 0 Å². The van der Waals surface area contributed by atoms with Gasteiger partial charge in [0.05, 0.1) is 5.56 Å². The minimum atomic E-state index is -3.67. The summed E-state index contributed by atoms with van der Waals surface area (Å²) in [4.78, 5) is 14.1. The number of nitriles is 1. The second kappa shape index (κ2) is 7.36. The van der Waals surface area contributed by atoms with Crippen LogP contribution in [0, 0.1) is 11.3 Å². The van der Waals surface area contributed by atoms with Gasteiger partial charge in [0.2, 0.25) is 5.91 Å². The van der Waals surface area contributed by atoms with E-state index in [1.54, 1.807) is 17.5 Å². The first kappa shape index (κ1) is 18.6. The van der Waals surface area contributed by atoms with E-state index in [2.05, 4.69) is 11.4 Å². The molecule has 1 aliphatic heterocycles. The lowest BCUT2D eigenvalue weighted by Crippen LogP contribution is -2.42. The van der Waals surface area contributed by atoms with Crippen LogP contribution in [0.2, 0.25) is 0 Å². The van der Waals surface area contributed by atoms with Gasteiger partial charge >= 0.3 is 0 Å². The number of hydrogen-bond donors (Lipinski definition) is 1. The van der Waals surface area contributed by atoms with Crippen LogP contribution in [0.4, 0.5) is 5.00 Å². The van der Waals surface area contributed by atoms with E-state index >= 15 is 0 Å². The lowest BCUT2D eigenvalue weighted by atomic mass is 9.96. The first-order valence-electron chi connectivity index (χ1n) is 8.93. The Kier molecular flexibility index (Phi) is 5.07. The summed E-state index contributed by atoms with van der Waals surface area (Å²) in [6.45, 7) is 0.338. The highest BCUT2D eigenvalue weighted by Gasteiger charge is 2.40. The van der Waals surface area contributed by atoms with E-state index in [0.29, 0.717) is 30.0 Å². The van der Waals surface area contributed by atoms with Crippen LogP contribution in [0.3, 0.4) is 0 Å². The van der Waals surface area contributed by atoms with Gasteiger partial charge in [0, 0.05) is 11.4 Å². The number of thiophene rings is 2. The third kappa shape index (κ3) is 3.31. The Balaban J connectivity index is 1.58. The Morgan fingerprint density at radius 3 is 2.85 bits per heavy atom. The maximum absolute atomic E-state index is 12.9. The molecule has 2 aliphatic rings. The number of rotatable bonds is 4. The number of carbonyl (C=O) groups excluding carboxylic acids is 1. The number of aryl methyl sites for hydroxylation is 1. The lowest BCUT2D eigenvalue weighted by molar-refractivity contribution is -0.119.